The number of benzene rings is 1. The van der Waals surface area contributed by atoms with Crippen LogP contribution in [0.1, 0.15) is 32.4 Å². The number of hydrogen-bond acceptors (Lipinski definition) is 3. The molecule has 1 unspecified atom stereocenters. The second-order valence-corrected chi connectivity index (χ2v) is 5.86. The average molecular weight is 322 g/mol. The zero-order valence-corrected chi connectivity index (χ0v) is 12.7. The van der Waals surface area contributed by atoms with Gasteiger partial charge in [-0.1, -0.05) is 0 Å². The van der Waals surface area contributed by atoms with Crippen LogP contribution in [0.25, 0.3) is 0 Å². The Morgan fingerprint density at radius 1 is 1.33 bits per heavy atom. The zero-order chi connectivity index (χ0) is 16.2. The molecule has 0 fully saturated rings. The molecule has 0 radical (unpaired) electrons. The van der Waals surface area contributed by atoms with Gasteiger partial charge in [0.25, 0.3) is 0 Å². The molecule has 0 saturated carbocycles. The molecular formula is C14H18ClF2NO3. The van der Waals surface area contributed by atoms with E-state index >= 15 is 0 Å². The van der Waals surface area contributed by atoms with Crippen molar-refractivity contribution in [3.8, 4) is 0 Å². The summed E-state index contributed by atoms with van der Waals surface area (Å²) in [5, 5.41) is 12.2. The van der Waals surface area contributed by atoms with Gasteiger partial charge in [-0.2, -0.15) is 0 Å². The number of ether oxygens (including phenoxy) is 1. The fourth-order valence-corrected chi connectivity index (χ4v) is 1.86. The number of amides is 1. The number of carbonyl (C=O) groups excluding carboxylic acids is 1. The molecule has 0 heterocycles. The van der Waals surface area contributed by atoms with E-state index in [-0.39, 0.29) is 11.4 Å². The molecule has 0 aliphatic heterocycles. The molecule has 1 rings (SSSR count). The zero-order valence-electron chi connectivity index (χ0n) is 12.0. The predicted octanol–water partition coefficient (Wildman–Crippen LogP) is 3.13. The molecule has 0 aromatic heterocycles. The van der Waals surface area contributed by atoms with Crippen molar-refractivity contribution < 1.29 is 23.4 Å². The fraction of sp³-hybridized carbons (Fsp3) is 0.500. The van der Waals surface area contributed by atoms with Gasteiger partial charge in [0.2, 0.25) is 0 Å². The molecule has 4 nitrogen and oxygen atoms in total. The van der Waals surface area contributed by atoms with Gasteiger partial charge in [-0.15, -0.1) is 11.6 Å². The van der Waals surface area contributed by atoms with E-state index in [0.29, 0.717) is 6.07 Å². The molecular weight excluding hydrogens is 304 g/mol. The Balaban J connectivity index is 2.98. The maximum atomic E-state index is 13.3. The van der Waals surface area contributed by atoms with Gasteiger partial charge in [0.1, 0.15) is 17.2 Å². The minimum absolute atomic E-state index is 0.0616. The standard InChI is InChI=1S/C14H18ClF2NO3/c1-14(2,3)21-13(20)18-12(11(19)7-15)8-4-9(16)6-10(17)5-8/h4-6,11-12,19H,7H2,1-3H3,(H,18,20)/t11-,12?/m1/s1. The van der Waals surface area contributed by atoms with Crippen LogP contribution in [-0.2, 0) is 4.74 Å². The fourth-order valence-electron chi connectivity index (χ4n) is 1.68. The summed E-state index contributed by atoms with van der Waals surface area (Å²) in [5.74, 6) is -1.86. The highest BCUT2D eigenvalue weighted by Crippen LogP contribution is 2.21. The molecule has 2 atom stereocenters. The minimum Gasteiger partial charge on any atom is -0.444 e. The summed E-state index contributed by atoms with van der Waals surface area (Å²) in [6.45, 7) is 5.00. The number of alkyl halides is 1. The Labute approximate surface area is 127 Å². The number of alkyl carbamates (subject to hydrolysis) is 1. The number of hydrogen-bond donors (Lipinski definition) is 2. The lowest BCUT2D eigenvalue weighted by Crippen LogP contribution is -2.40. The lowest BCUT2D eigenvalue weighted by Gasteiger charge is -2.26. The van der Waals surface area contributed by atoms with E-state index in [1.165, 1.54) is 0 Å². The number of nitrogens with one attached hydrogen (secondary N) is 1. The van der Waals surface area contributed by atoms with Crippen molar-refractivity contribution in [2.24, 2.45) is 0 Å². The Kier molecular flexibility index (Phi) is 5.92. The molecule has 0 saturated heterocycles. The van der Waals surface area contributed by atoms with Crippen molar-refractivity contribution in [2.45, 2.75) is 38.5 Å². The van der Waals surface area contributed by atoms with E-state index in [4.69, 9.17) is 16.3 Å². The van der Waals surface area contributed by atoms with E-state index in [2.05, 4.69) is 5.32 Å². The summed E-state index contributed by atoms with van der Waals surface area (Å²) >= 11 is 5.56. The van der Waals surface area contributed by atoms with Crippen molar-refractivity contribution in [1.29, 1.82) is 0 Å². The summed E-state index contributed by atoms with van der Waals surface area (Å²) in [6.07, 6.45) is -2.04. The first-order valence-corrected chi connectivity index (χ1v) is 6.85. The Morgan fingerprint density at radius 2 is 1.86 bits per heavy atom. The summed E-state index contributed by atoms with van der Waals surface area (Å²) in [6, 6.07) is 1.64. The van der Waals surface area contributed by atoms with Crippen LogP contribution < -0.4 is 5.32 Å². The maximum absolute atomic E-state index is 13.3. The van der Waals surface area contributed by atoms with Crippen LogP contribution in [-0.4, -0.2) is 28.8 Å². The highest BCUT2D eigenvalue weighted by Gasteiger charge is 2.26. The van der Waals surface area contributed by atoms with Crippen LogP contribution >= 0.6 is 11.6 Å². The molecule has 118 valence electrons. The van der Waals surface area contributed by atoms with E-state index in [1.807, 2.05) is 0 Å². The second kappa shape index (κ2) is 7.04. The Hall–Kier alpha value is -1.40. The van der Waals surface area contributed by atoms with Crippen LogP contribution in [0.15, 0.2) is 18.2 Å². The lowest BCUT2D eigenvalue weighted by molar-refractivity contribution is 0.0438. The van der Waals surface area contributed by atoms with Gasteiger partial charge in [-0.25, -0.2) is 13.6 Å². The largest absolute Gasteiger partial charge is 0.444 e. The van der Waals surface area contributed by atoms with Crippen LogP contribution in [0.5, 0.6) is 0 Å². The monoisotopic (exact) mass is 321 g/mol. The highest BCUT2D eigenvalue weighted by molar-refractivity contribution is 6.18. The number of aliphatic hydroxyl groups is 1. The molecule has 0 aliphatic carbocycles. The Morgan fingerprint density at radius 3 is 2.29 bits per heavy atom. The average Bonchev–Trinajstić information content (AvgIpc) is 2.31. The normalized spacial score (nSPS) is 14.4. The van der Waals surface area contributed by atoms with Gasteiger partial charge in [0.05, 0.1) is 18.0 Å². The third-order valence-corrected chi connectivity index (χ3v) is 2.78. The molecule has 7 heteroatoms. The van der Waals surface area contributed by atoms with Crippen molar-refractivity contribution in [2.75, 3.05) is 5.88 Å². The highest BCUT2D eigenvalue weighted by atomic mass is 35.5. The number of carbonyl (C=O) groups is 1. The van der Waals surface area contributed by atoms with Gasteiger partial charge in [0, 0.05) is 6.07 Å². The van der Waals surface area contributed by atoms with Crippen LogP contribution in [0.4, 0.5) is 13.6 Å². The van der Waals surface area contributed by atoms with Gasteiger partial charge in [-0.3, -0.25) is 0 Å². The van der Waals surface area contributed by atoms with Crippen molar-refractivity contribution in [1.82, 2.24) is 5.32 Å². The van der Waals surface area contributed by atoms with Crippen molar-refractivity contribution >= 4 is 17.7 Å². The molecule has 1 amide bonds. The minimum atomic E-state index is -1.22. The molecule has 0 bridgehead atoms. The summed E-state index contributed by atoms with van der Waals surface area (Å²) in [4.78, 5) is 11.8. The molecule has 1 aromatic carbocycles. The molecule has 0 aliphatic rings. The lowest BCUT2D eigenvalue weighted by atomic mass is 10.0. The van der Waals surface area contributed by atoms with Gasteiger partial charge >= 0.3 is 6.09 Å². The molecule has 2 N–H and O–H groups in total. The van der Waals surface area contributed by atoms with Crippen LogP contribution in [0.2, 0.25) is 0 Å². The first-order valence-electron chi connectivity index (χ1n) is 6.32. The molecule has 21 heavy (non-hydrogen) atoms. The predicted molar refractivity (Wildman–Crippen MR) is 75.2 cm³/mol. The molecule has 0 spiro atoms. The number of aliphatic hydroxyl groups excluding tert-OH is 1. The number of halogens is 3. The van der Waals surface area contributed by atoms with Gasteiger partial charge in [0.15, 0.2) is 0 Å². The third-order valence-electron chi connectivity index (χ3n) is 2.46. The van der Waals surface area contributed by atoms with E-state index in [1.54, 1.807) is 20.8 Å². The van der Waals surface area contributed by atoms with Crippen molar-refractivity contribution in [3.63, 3.8) is 0 Å². The SMILES string of the molecule is CC(C)(C)OC(=O)NC(c1cc(F)cc(F)c1)[C@H](O)CCl. The first kappa shape index (κ1) is 17.7. The summed E-state index contributed by atoms with van der Waals surface area (Å²) < 4.78 is 31.6. The molecule has 1 aromatic rings. The second-order valence-electron chi connectivity index (χ2n) is 5.55. The van der Waals surface area contributed by atoms with E-state index in [0.717, 1.165) is 12.1 Å². The van der Waals surface area contributed by atoms with E-state index < -0.39 is 35.5 Å². The Bertz CT molecular complexity index is 485. The topological polar surface area (TPSA) is 58.6 Å². The smallest absolute Gasteiger partial charge is 0.408 e. The van der Waals surface area contributed by atoms with Crippen LogP contribution in [0.3, 0.4) is 0 Å². The summed E-state index contributed by atoms with van der Waals surface area (Å²) in [5.41, 5.74) is -0.681. The van der Waals surface area contributed by atoms with Crippen LogP contribution in [0, 0.1) is 11.6 Å². The summed E-state index contributed by atoms with van der Waals surface area (Å²) in [7, 11) is 0. The van der Waals surface area contributed by atoms with E-state index in [9.17, 15) is 18.7 Å². The van der Waals surface area contributed by atoms with Crippen molar-refractivity contribution in [3.05, 3.63) is 35.4 Å². The van der Waals surface area contributed by atoms with Gasteiger partial charge < -0.3 is 15.2 Å². The maximum Gasteiger partial charge on any atom is 0.408 e. The van der Waals surface area contributed by atoms with Gasteiger partial charge in [-0.05, 0) is 38.5 Å². The number of rotatable bonds is 4. The third kappa shape index (κ3) is 5.85. The first-order chi connectivity index (χ1) is 9.62. The quantitative estimate of drug-likeness (QED) is 0.838.